The van der Waals surface area contributed by atoms with Gasteiger partial charge in [0.2, 0.25) is 5.91 Å². The van der Waals surface area contributed by atoms with E-state index in [4.69, 9.17) is 18.9 Å². The van der Waals surface area contributed by atoms with Gasteiger partial charge in [-0.25, -0.2) is 0 Å². The molecule has 2 aliphatic heterocycles. The first-order valence-corrected chi connectivity index (χ1v) is 24.9. The smallest absolute Gasteiger partial charge is 0.220 e. The quantitative estimate of drug-likeness (QED) is 0.0257. The first-order chi connectivity index (χ1) is 30.1. The lowest BCUT2D eigenvalue weighted by atomic mass is 9.97. The minimum absolute atomic E-state index is 0.239. The molecule has 1 amide bonds. The zero-order chi connectivity index (χ0) is 45.4. The summed E-state index contributed by atoms with van der Waals surface area (Å²) in [4.78, 5) is 13.1. The molecule has 0 aliphatic carbocycles. The van der Waals surface area contributed by atoms with Gasteiger partial charge in [-0.2, -0.15) is 0 Å². The Bertz CT molecular complexity index is 1100. The van der Waals surface area contributed by atoms with E-state index in [1.165, 1.54) is 128 Å². The van der Waals surface area contributed by atoms with Gasteiger partial charge in [-0.3, -0.25) is 4.79 Å². The van der Waals surface area contributed by atoms with Gasteiger partial charge in [0.1, 0.15) is 48.8 Å². The van der Waals surface area contributed by atoms with Crippen molar-refractivity contribution in [2.45, 2.75) is 267 Å². The predicted molar refractivity (Wildman–Crippen MR) is 240 cm³/mol. The van der Waals surface area contributed by atoms with Crippen LogP contribution in [0.2, 0.25) is 0 Å². The zero-order valence-electron chi connectivity index (χ0n) is 38.6. The molecule has 2 aliphatic rings. The Hall–Kier alpha value is -1.27. The van der Waals surface area contributed by atoms with E-state index >= 15 is 0 Å². The first kappa shape index (κ1) is 56.9. The van der Waals surface area contributed by atoms with E-state index in [9.17, 15) is 45.6 Å². The minimum atomic E-state index is -1.78. The monoisotopic (exact) mass is 890 g/mol. The van der Waals surface area contributed by atoms with E-state index in [1.54, 1.807) is 6.08 Å². The Balaban J connectivity index is 1.87. The number of allylic oxidation sites excluding steroid dienone is 1. The topological polar surface area (TPSA) is 228 Å². The molecule has 12 atom stereocenters. The molecular weight excluding hydrogens is 799 g/mol. The molecule has 0 bridgehead atoms. The van der Waals surface area contributed by atoms with E-state index < -0.39 is 86.8 Å². The molecule has 366 valence electrons. The van der Waals surface area contributed by atoms with E-state index in [2.05, 4.69) is 19.2 Å². The zero-order valence-corrected chi connectivity index (χ0v) is 38.6. The van der Waals surface area contributed by atoms with Crippen LogP contribution in [0, 0.1) is 0 Å². The molecular formula is C48H91NO13. The van der Waals surface area contributed by atoms with Crippen LogP contribution in [0.15, 0.2) is 12.2 Å². The first-order valence-electron chi connectivity index (χ1n) is 24.9. The van der Waals surface area contributed by atoms with Crippen LogP contribution < -0.4 is 5.32 Å². The predicted octanol–water partition coefficient (Wildman–Crippen LogP) is 5.99. The van der Waals surface area contributed by atoms with Gasteiger partial charge in [0.05, 0.1) is 32.0 Å². The Morgan fingerprint density at radius 1 is 0.565 bits per heavy atom. The summed E-state index contributed by atoms with van der Waals surface area (Å²) >= 11 is 0. The fourth-order valence-corrected chi connectivity index (χ4v) is 8.35. The fraction of sp³-hybridized carbons (Fsp3) is 0.938. The highest BCUT2D eigenvalue weighted by molar-refractivity contribution is 5.76. The number of rotatable bonds is 38. The average Bonchev–Trinajstić information content (AvgIpc) is 3.27. The molecule has 2 rings (SSSR count). The molecule has 0 aromatic heterocycles. The molecule has 0 aromatic rings. The van der Waals surface area contributed by atoms with E-state index in [0.717, 1.165) is 38.5 Å². The maximum absolute atomic E-state index is 13.1. The summed E-state index contributed by atoms with van der Waals surface area (Å²) in [6, 6.07) is -0.907. The van der Waals surface area contributed by atoms with Crippen molar-refractivity contribution in [3.63, 3.8) is 0 Å². The Morgan fingerprint density at radius 2 is 1.00 bits per heavy atom. The van der Waals surface area contributed by atoms with Gasteiger partial charge in [0, 0.05) is 6.42 Å². The molecule has 14 nitrogen and oxygen atoms in total. The summed E-state index contributed by atoms with van der Waals surface area (Å²) in [5, 5.41) is 86.6. The summed E-state index contributed by atoms with van der Waals surface area (Å²) in [6.07, 6.45) is 19.6. The highest BCUT2D eigenvalue weighted by Crippen LogP contribution is 2.30. The maximum Gasteiger partial charge on any atom is 0.220 e. The highest BCUT2D eigenvalue weighted by Gasteiger charge is 2.51. The van der Waals surface area contributed by atoms with E-state index in [0.29, 0.717) is 6.42 Å². The van der Waals surface area contributed by atoms with Crippen LogP contribution in [-0.2, 0) is 23.7 Å². The van der Waals surface area contributed by atoms with Crippen LogP contribution in [-0.4, -0.2) is 140 Å². The molecule has 62 heavy (non-hydrogen) atoms. The molecule has 14 heteroatoms. The van der Waals surface area contributed by atoms with Gasteiger partial charge < -0.3 is 65.1 Å². The Labute approximate surface area is 374 Å². The lowest BCUT2D eigenvalue weighted by Crippen LogP contribution is -2.65. The number of nitrogens with one attached hydrogen (secondary N) is 1. The van der Waals surface area contributed by atoms with Crippen LogP contribution in [0.4, 0.5) is 0 Å². The van der Waals surface area contributed by atoms with Crippen molar-refractivity contribution in [1.29, 1.82) is 0 Å². The molecule has 0 aromatic carbocycles. The molecule has 2 saturated heterocycles. The van der Waals surface area contributed by atoms with Crippen molar-refractivity contribution in [3.05, 3.63) is 12.2 Å². The second kappa shape index (κ2) is 35.9. The number of carbonyl (C=O) groups is 1. The second-order valence-corrected chi connectivity index (χ2v) is 18.0. The van der Waals surface area contributed by atoms with Crippen LogP contribution in [0.3, 0.4) is 0 Å². The lowest BCUT2D eigenvalue weighted by Gasteiger charge is -2.46. The number of ether oxygens (including phenoxy) is 4. The minimum Gasteiger partial charge on any atom is -0.394 e. The van der Waals surface area contributed by atoms with E-state index in [1.807, 2.05) is 6.08 Å². The van der Waals surface area contributed by atoms with Crippen molar-refractivity contribution >= 4 is 5.91 Å². The largest absolute Gasteiger partial charge is 0.394 e. The number of aliphatic hydroxyl groups excluding tert-OH is 8. The number of hydrogen-bond donors (Lipinski definition) is 9. The number of aliphatic hydroxyl groups is 8. The molecule has 4 unspecified atom stereocenters. The third kappa shape index (κ3) is 23.3. The highest BCUT2D eigenvalue weighted by atomic mass is 16.7. The Morgan fingerprint density at radius 3 is 1.48 bits per heavy atom. The van der Waals surface area contributed by atoms with Gasteiger partial charge in [0.15, 0.2) is 12.6 Å². The van der Waals surface area contributed by atoms with Crippen LogP contribution in [0.25, 0.3) is 0 Å². The summed E-state index contributed by atoms with van der Waals surface area (Å²) in [5.41, 5.74) is 0. The number of unbranched alkanes of at least 4 members (excludes halogenated alkanes) is 25. The van der Waals surface area contributed by atoms with Crippen molar-refractivity contribution in [1.82, 2.24) is 5.32 Å². The third-order valence-electron chi connectivity index (χ3n) is 12.5. The van der Waals surface area contributed by atoms with Gasteiger partial charge in [-0.05, 0) is 19.3 Å². The molecule has 0 spiro atoms. The fourth-order valence-electron chi connectivity index (χ4n) is 8.35. The number of hydrogen-bond acceptors (Lipinski definition) is 13. The molecule has 2 heterocycles. The number of carbonyl (C=O) groups excluding carboxylic acids is 1. The SMILES string of the molecule is CCCCCCCCCCCCCC/C=C/[C@@H](O)[C@H](CO[C@@H]1O[C@H](CO)[C@@H](O[C@@H]2O[C@H](CO)[C@H](O)C(O)C2O)C(O)C1O)NC(=O)CCCCCCCCCCCCCCCC. The van der Waals surface area contributed by atoms with Crippen molar-refractivity contribution in [2.24, 2.45) is 0 Å². The van der Waals surface area contributed by atoms with Gasteiger partial charge in [0.25, 0.3) is 0 Å². The summed E-state index contributed by atoms with van der Waals surface area (Å²) in [5.74, 6) is -0.239. The van der Waals surface area contributed by atoms with Gasteiger partial charge in [-0.15, -0.1) is 0 Å². The normalized spacial score (nSPS) is 27.8. The van der Waals surface area contributed by atoms with Gasteiger partial charge in [-0.1, -0.05) is 180 Å². The van der Waals surface area contributed by atoms with Crippen molar-refractivity contribution < 1.29 is 64.6 Å². The van der Waals surface area contributed by atoms with Crippen LogP contribution >= 0.6 is 0 Å². The van der Waals surface area contributed by atoms with Crippen LogP contribution in [0.1, 0.15) is 194 Å². The van der Waals surface area contributed by atoms with Crippen molar-refractivity contribution in [3.8, 4) is 0 Å². The summed E-state index contributed by atoms with van der Waals surface area (Å²) in [7, 11) is 0. The average molecular weight is 890 g/mol. The Kier molecular flexibility index (Phi) is 32.9. The summed E-state index contributed by atoms with van der Waals surface area (Å²) < 4.78 is 22.7. The summed E-state index contributed by atoms with van der Waals surface area (Å²) in [6.45, 7) is 2.78. The lowest BCUT2D eigenvalue weighted by molar-refractivity contribution is -0.359. The molecule has 0 saturated carbocycles. The molecule has 9 N–H and O–H groups in total. The van der Waals surface area contributed by atoms with Gasteiger partial charge >= 0.3 is 0 Å². The van der Waals surface area contributed by atoms with E-state index in [-0.39, 0.29) is 18.9 Å². The molecule has 2 fully saturated rings. The third-order valence-corrected chi connectivity index (χ3v) is 12.5. The molecule has 0 radical (unpaired) electrons. The van der Waals surface area contributed by atoms with Crippen LogP contribution in [0.5, 0.6) is 0 Å². The standard InChI is InChI=1S/C48H91NO13/c1-3-5-7-9-11-13-15-17-19-21-23-25-27-29-31-37(52)36(49-40(53)32-30-28-26-24-22-20-18-16-14-12-10-8-6-4-2)35-59-47-45(58)43(56)46(39(34-51)61-47)62-48-44(57)42(55)41(54)38(33-50)60-48/h29,31,36-39,41-48,50-52,54-58H,3-28,30,32-35H2,1-2H3,(H,49,53)/b31-29+/t36-,37+,38+,39+,41-,42?,43?,44?,45?,46+,47+,48-/m0/s1. The second-order valence-electron chi connectivity index (χ2n) is 18.0. The maximum atomic E-state index is 13.1. The number of amides is 1. The van der Waals surface area contributed by atoms with Crippen molar-refractivity contribution in [2.75, 3.05) is 19.8 Å².